The molecule has 1 fully saturated rings. The lowest BCUT2D eigenvalue weighted by molar-refractivity contribution is -0.142. The molecule has 0 unspecified atom stereocenters. The minimum Gasteiger partial charge on any atom is -0.366 e. The van der Waals surface area contributed by atoms with Crippen molar-refractivity contribution >= 4 is 29.3 Å². The van der Waals surface area contributed by atoms with Crippen molar-refractivity contribution in [3.05, 3.63) is 135 Å². The first-order valence-electron chi connectivity index (χ1n) is 16.8. The number of imide groups is 1. The summed E-state index contributed by atoms with van der Waals surface area (Å²) in [5, 5.41) is 5.87. The number of fused-ring (bicyclic) bond motifs is 4. The van der Waals surface area contributed by atoms with Gasteiger partial charge in [-0.3, -0.25) is 28.8 Å². The summed E-state index contributed by atoms with van der Waals surface area (Å²) in [6.07, 6.45) is -4.71. The molecule has 0 bridgehead atoms. The number of benzene rings is 3. The Labute approximate surface area is 309 Å². The van der Waals surface area contributed by atoms with Crippen LogP contribution < -0.4 is 16.0 Å². The minimum absolute atomic E-state index is 0.00980. The van der Waals surface area contributed by atoms with Crippen LogP contribution in [-0.4, -0.2) is 38.4 Å². The maximum atomic E-state index is 15.3. The summed E-state index contributed by atoms with van der Waals surface area (Å²) in [6.45, 7) is -1.15. The van der Waals surface area contributed by atoms with Crippen LogP contribution in [0.1, 0.15) is 77.7 Å². The van der Waals surface area contributed by atoms with Gasteiger partial charge >= 0.3 is 6.18 Å². The van der Waals surface area contributed by atoms with Gasteiger partial charge in [-0.25, -0.2) is 18.1 Å². The van der Waals surface area contributed by atoms with E-state index in [1.165, 1.54) is 36.4 Å². The molecule has 3 N–H and O–H groups in total. The minimum atomic E-state index is -5.11. The van der Waals surface area contributed by atoms with Gasteiger partial charge < -0.3 is 11.1 Å². The molecule has 0 radical (unpaired) electrons. The van der Waals surface area contributed by atoms with Gasteiger partial charge in [-0.15, -0.1) is 0 Å². The monoisotopic (exact) mass is 780 g/mol. The van der Waals surface area contributed by atoms with Crippen LogP contribution in [0.3, 0.4) is 0 Å². The molecule has 56 heavy (non-hydrogen) atoms. The van der Waals surface area contributed by atoms with Crippen molar-refractivity contribution in [3.8, 4) is 11.1 Å². The normalized spacial score (nSPS) is 18.4. The van der Waals surface area contributed by atoms with Gasteiger partial charge in [-0.1, -0.05) is 18.2 Å². The first-order valence-corrected chi connectivity index (χ1v) is 16.8. The quantitative estimate of drug-likeness (QED) is 0.128. The number of nitrogens with zero attached hydrogens (tertiary/aromatic N) is 4. The Hall–Kier alpha value is -6.46. The Morgan fingerprint density at radius 2 is 1.59 bits per heavy atom. The maximum absolute atomic E-state index is 15.3. The number of anilines is 1. The molecule has 0 spiro atoms. The van der Waals surface area contributed by atoms with Gasteiger partial charge in [0.15, 0.2) is 5.69 Å². The fraction of sp³-hybridized carbons (Fsp3) is 0.211. The van der Waals surface area contributed by atoms with Gasteiger partial charge in [-0.05, 0) is 72.4 Å². The topological polar surface area (TPSA) is 140 Å². The Morgan fingerprint density at radius 1 is 0.929 bits per heavy atom. The number of carbonyl (C=O) groups excluding carboxylic acids is 4. The second kappa shape index (κ2) is 12.8. The molecule has 2 aliphatic carbocycles. The third kappa shape index (κ3) is 6.04. The van der Waals surface area contributed by atoms with E-state index in [1.54, 1.807) is 0 Å². The molecule has 8 rings (SSSR count). The van der Waals surface area contributed by atoms with Gasteiger partial charge in [0.2, 0.25) is 5.91 Å². The Balaban J connectivity index is 1.24. The van der Waals surface area contributed by atoms with Crippen LogP contribution in [0.25, 0.3) is 11.1 Å². The SMILES string of the molecule is NC(=O)c1cc(-c2cc(N3C(=O)c4ccccc4C3=O)cnc2[C@H](Cc2cc(F)cc(F)c2)NC(=O)Cn2nc(C(F)(F)F)c3c2C(F)(F)[C@@H]2C[C@H]32)ccc1F. The smallest absolute Gasteiger partial charge is 0.366 e. The van der Waals surface area contributed by atoms with E-state index in [-0.39, 0.29) is 50.3 Å². The van der Waals surface area contributed by atoms with E-state index in [0.717, 1.165) is 35.4 Å². The van der Waals surface area contributed by atoms with Gasteiger partial charge in [0, 0.05) is 23.1 Å². The van der Waals surface area contributed by atoms with Gasteiger partial charge in [0.25, 0.3) is 23.6 Å². The highest BCUT2D eigenvalue weighted by atomic mass is 19.4. The van der Waals surface area contributed by atoms with Crippen molar-refractivity contribution in [2.45, 2.75) is 43.4 Å². The molecule has 5 aromatic rings. The Morgan fingerprint density at radius 3 is 2.21 bits per heavy atom. The number of primary amides is 1. The number of hydrogen-bond acceptors (Lipinski definition) is 6. The fourth-order valence-electron chi connectivity index (χ4n) is 7.55. The summed E-state index contributed by atoms with van der Waals surface area (Å²) in [5.41, 5.74) is 1.20. The first kappa shape index (κ1) is 36.5. The molecule has 3 atom stereocenters. The number of carbonyl (C=O) groups is 4. The van der Waals surface area contributed by atoms with Gasteiger partial charge in [0.1, 0.15) is 29.7 Å². The molecular formula is C38H24F8N6O4. The fourth-order valence-corrected chi connectivity index (χ4v) is 7.55. The summed E-state index contributed by atoms with van der Waals surface area (Å²) >= 11 is 0. The summed E-state index contributed by atoms with van der Waals surface area (Å²) < 4.78 is 116. The van der Waals surface area contributed by atoms with E-state index in [0.29, 0.717) is 6.07 Å². The molecular weight excluding hydrogens is 756 g/mol. The van der Waals surface area contributed by atoms with Crippen molar-refractivity contribution in [2.75, 3.05) is 4.90 Å². The van der Waals surface area contributed by atoms with Crippen LogP contribution in [0.15, 0.2) is 72.9 Å². The van der Waals surface area contributed by atoms with Crippen molar-refractivity contribution in [1.29, 1.82) is 0 Å². The zero-order valence-corrected chi connectivity index (χ0v) is 28.3. The van der Waals surface area contributed by atoms with E-state index in [1.807, 2.05) is 0 Å². The van der Waals surface area contributed by atoms with E-state index in [4.69, 9.17) is 5.73 Å². The van der Waals surface area contributed by atoms with Crippen LogP contribution in [-0.2, 0) is 29.9 Å². The lowest BCUT2D eigenvalue weighted by Crippen LogP contribution is -2.35. The molecule has 4 amide bonds. The summed E-state index contributed by atoms with van der Waals surface area (Å²) in [4.78, 5) is 57.9. The number of nitrogens with two attached hydrogens (primary N) is 1. The molecule has 3 heterocycles. The Kier molecular flexibility index (Phi) is 8.35. The van der Waals surface area contributed by atoms with E-state index >= 15 is 8.78 Å². The van der Waals surface area contributed by atoms with Crippen molar-refractivity contribution < 1.29 is 54.3 Å². The van der Waals surface area contributed by atoms with Gasteiger partial charge in [0.05, 0.1) is 40.3 Å². The maximum Gasteiger partial charge on any atom is 0.435 e. The Bertz CT molecular complexity index is 2480. The summed E-state index contributed by atoms with van der Waals surface area (Å²) in [6, 6.07) is 11.2. The third-order valence-corrected chi connectivity index (χ3v) is 10.0. The predicted molar refractivity (Wildman–Crippen MR) is 179 cm³/mol. The van der Waals surface area contributed by atoms with Crippen LogP contribution in [0.4, 0.5) is 40.8 Å². The van der Waals surface area contributed by atoms with Crippen molar-refractivity contribution in [3.63, 3.8) is 0 Å². The highest BCUT2D eigenvalue weighted by Gasteiger charge is 2.68. The summed E-state index contributed by atoms with van der Waals surface area (Å²) in [5.74, 6) is -13.1. The molecule has 18 heteroatoms. The number of pyridine rings is 1. The number of amides is 4. The standard InChI is InChI=1S/C38H24F8N6O4/c39-18-7-16(8-19(40)11-18)9-28(49-29(53)15-51-33-30(32(50-51)38(44,45)46)24-13-26(24)37(33,42)43)31-23(17-5-6-27(41)25(10-17)34(47)54)12-20(14-48-31)52-35(55)21-3-1-2-4-22(21)36(52)56/h1-8,10-12,14,24,26,28H,9,13,15H2,(H2,47,54)(H,49,53)/t24-,26+,28-/m0/s1. The number of aromatic nitrogens is 3. The van der Waals surface area contributed by atoms with E-state index in [9.17, 15) is 45.5 Å². The number of nitrogens with one attached hydrogen (secondary N) is 1. The molecule has 1 aliphatic heterocycles. The van der Waals surface area contributed by atoms with Crippen LogP contribution >= 0.6 is 0 Å². The van der Waals surface area contributed by atoms with Crippen molar-refractivity contribution in [2.24, 2.45) is 11.7 Å². The molecule has 0 saturated heterocycles. The molecule has 3 aliphatic rings. The second-order valence-corrected chi connectivity index (χ2v) is 13.6. The summed E-state index contributed by atoms with van der Waals surface area (Å²) in [7, 11) is 0. The second-order valence-electron chi connectivity index (χ2n) is 13.6. The number of rotatable bonds is 9. The molecule has 2 aromatic heterocycles. The lowest BCUT2D eigenvalue weighted by atomic mass is 9.94. The molecule has 10 nitrogen and oxygen atoms in total. The number of halogens is 8. The van der Waals surface area contributed by atoms with Crippen LogP contribution in [0.5, 0.6) is 0 Å². The third-order valence-electron chi connectivity index (χ3n) is 10.0. The molecule has 286 valence electrons. The largest absolute Gasteiger partial charge is 0.435 e. The highest BCUT2D eigenvalue weighted by molar-refractivity contribution is 6.34. The van der Waals surface area contributed by atoms with Crippen LogP contribution in [0, 0.1) is 23.4 Å². The van der Waals surface area contributed by atoms with E-state index in [2.05, 4.69) is 15.4 Å². The van der Waals surface area contributed by atoms with Crippen LogP contribution in [0.2, 0.25) is 0 Å². The van der Waals surface area contributed by atoms with Crippen molar-refractivity contribution in [1.82, 2.24) is 20.1 Å². The average Bonchev–Trinajstić information content (AvgIpc) is 3.70. The molecule has 1 saturated carbocycles. The highest BCUT2D eigenvalue weighted by Crippen LogP contribution is 2.68. The predicted octanol–water partition coefficient (Wildman–Crippen LogP) is 6.59. The number of alkyl halides is 5. The number of hydrogen-bond donors (Lipinski definition) is 2. The first-order chi connectivity index (χ1) is 26.4. The van der Waals surface area contributed by atoms with E-state index < -0.39 is 107 Å². The molecule has 3 aromatic carbocycles. The lowest BCUT2D eigenvalue weighted by Gasteiger charge is -2.24. The zero-order valence-electron chi connectivity index (χ0n) is 28.3. The van der Waals surface area contributed by atoms with Gasteiger partial charge in [-0.2, -0.15) is 27.1 Å². The average molecular weight is 781 g/mol. The zero-order chi connectivity index (χ0) is 40.0.